The van der Waals surface area contributed by atoms with Gasteiger partial charge in [-0.2, -0.15) is 5.10 Å². The minimum Gasteiger partial charge on any atom is -0.461 e. The molecule has 0 fully saturated rings. The van der Waals surface area contributed by atoms with Gasteiger partial charge in [0.15, 0.2) is 5.69 Å². The smallest absolute Gasteiger partial charge is 0.358 e. The van der Waals surface area contributed by atoms with Crippen LogP contribution >= 0.6 is 0 Å². The molecule has 1 aromatic heterocycles. The van der Waals surface area contributed by atoms with Crippen molar-refractivity contribution in [1.82, 2.24) is 15.1 Å². The van der Waals surface area contributed by atoms with Crippen LogP contribution in [0, 0.1) is 0 Å². The van der Waals surface area contributed by atoms with Crippen molar-refractivity contribution < 1.29 is 14.3 Å². The molecule has 1 unspecified atom stereocenters. The fraction of sp³-hybridized carbons (Fsp3) is 0.190. The molecule has 1 heterocycles. The molecule has 0 aliphatic heterocycles. The number of urea groups is 1. The Hall–Kier alpha value is -3.61. The summed E-state index contributed by atoms with van der Waals surface area (Å²) in [6.45, 7) is 3.96. The second-order valence-electron chi connectivity index (χ2n) is 6.15. The molecule has 0 aliphatic carbocycles. The lowest BCUT2D eigenvalue weighted by atomic mass is 10.1. The van der Waals surface area contributed by atoms with Gasteiger partial charge in [-0.05, 0) is 43.7 Å². The maximum absolute atomic E-state index is 12.3. The topological polar surface area (TPSA) is 85.2 Å². The number of amides is 2. The van der Waals surface area contributed by atoms with Crippen LogP contribution in [0.25, 0.3) is 5.69 Å². The highest BCUT2D eigenvalue weighted by Crippen LogP contribution is 2.16. The van der Waals surface area contributed by atoms with E-state index >= 15 is 0 Å². The summed E-state index contributed by atoms with van der Waals surface area (Å²) in [6.07, 6.45) is 1.67. The van der Waals surface area contributed by atoms with E-state index in [1.54, 1.807) is 42.1 Å². The van der Waals surface area contributed by atoms with E-state index in [1.165, 1.54) is 0 Å². The first-order chi connectivity index (χ1) is 13.6. The summed E-state index contributed by atoms with van der Waals surface area (Å²) in [5, 5.41) is 9.94. The Balaban J connectivity index is 1.66. The highest BCUT2D eigenvalue weighted by atomic mass is 16.5. The molecule has 0 bridgehead atoms. The highest BCUT2D eigenvalue weighted by molar-refractivity contribution is 5.90. The first-order valence-corrected chi connectivity index (χ1v) is 9.02. The van der Waals surface area contributed by atoms with Crippen molar-refractivity contribution in [2.75, 3.05) is 11.9 Å². The molecule has 7 nitrogen and oxygen atoms in total. The van der Waals surface area contributed by atoms with Crippen LogP contribution in [0.1, 0.15) is 35.9 Å². The summed E-state index contributed by atoms with van der Waals surface area (Å²) in [7, 11) is 0. The van der Waals surface area contributed by atoms with Crippen LogP contribution in [0.2, 0.25) is 0 Å². The monoisotopic (exact) mass is 378 g/mol. The maximum atomic E-state index is 12.3. The standard InChI is InChI=1S/C21H22N4O3/c1-3-28-20(26)19-12-13-25(24-19)18-11-7-10-17(14-18)23-21(27)22-15(2)16-8-5-4-6-9-16/h4-15H,3H2,1-2H3,(H2,22,23,27). The zero-order chi connectivity index (χ0) is 19.9. The van der Waals surface area contributed by atoms with E-state index in [0.29, 0.717) is 18.0 Å². The third-order valence-electron chi connectivity index (χ3n) is 4.09. The lowest BCUT2D eigenvalue weighted by Gasteiger charge is -2.15. The number of benzene rings is 2. The number of carbonyl (C=O) groups excluding carboxylic acids is 2. The van der Waals surface area contributed by atoms with Gasteiger partial charge >= 0.3 is 12.0 Å². The average molecular weight is 378 g/mol. The number of hydrogen-bond donors (Lipinski definition) is 2. The minimum absolute atomic E-state index is 0.123. The number of rotatable bonds is 6. The van der Waals surface area contributed by atoms with Gasteiger partial charge in [0.2, 0.25) is 0 Å². The lowest BCUT2D eigenvalue weighted by molar-refractivity contribution is 0.0519. The van der Waals surface area contributed by atoms with Gasteiger partial charge in [0.05, 0.1) is 18.3 Å². The van der Waals surface area contributed by atoms with E-state index in [9.17, 15) is 9.59 Å². The van der Waals surface area contributed by atoms with Crippen LogP contribution in [0.15, 0.2) is 66.9 Å². The summed E-state index contributed by atoms with van der Waals surface area (Å²) in [4.78, 5) is 24.1. The number of esters is 1. The number of ether oxygens (including phenoxy) is 1. The van der Waals surface area contributed by atoms with Crippen molar-refractivity contribution in [2.24, 2.45) is 0 Å². The maximum Gasteiger partial charge on any atom is 0.358 e. The molecule has 3 rings (SSSR count). The predicted molar refractivity (Wildman–Crippen MR) is 107 cm³/mol. The normalized spacial score (nSPS) is 11.5. The molecule has 1 atom stereocenters. The molecule has 0 aliphatic rings. The van der Waals surface area contributed by atoms with Crippen LogP contribution in [0.4, 0.5) is 10.5 Å². The van der Waals surface area contributed by atoms with Gasteiger partial charge in [0.1, 0.15) is 0 Å². The SMILES string of the molecule is CCOC(=O)c1ccn(-c2cccc(NC(=O)NC(C)c3ccccc3)c2)n1. The fourth-order valence-electron chi connectivity index (χ4n) is 2.70. The molecular formula is C21H22N4O3. The third-order valence-corrected chi connectivity index (χ3v) is 4.09. The van der Waals surface area contributed by atoms with Crippen LogP contribution in [-0.4, -0.2) is 28.4 Å². The van der Waals surface area contributed by atoms with Crippen LogP contribution < -0.4 is 10.6 Å². The molecule has 28 heavy (non-hydrogen) atoms. The van der Waals surface area contributed by atoms with Crippen LogP contribution in [-0.2, 0) is 4.74 Å². The molecule has 144 valence electrons. The molecule has 0 saturated carbocycles. The van der Waals surface area contributed by atoms with Gasteiger partial charge in [-0.15, -0.1) is 0 Å². The Morgan fingerprint density at radius 1 is 1.11 bits per heavy atom. The Kier molecular flexibility index (Phi) is 6.06. The number of aromatic nitrogens is 2. The molecule has 0 spiro atoms. The van der Waals surface area contributed by atoms with E-state index in [1.807, 2.05) is 43.3 Å². The van der Waals surface area contributed by atoms with Crippen molar-refractivity contribution in [2.45, 2.75) is 19.9 Å². The second kappa shape index (κ2) is 8.85. The summed E-state index contributed by atoms with van der Waals surface area (Å²) in [6, 6.07) is 18.1. The molecule has 2 amide bonds. The lowest BCUT2D eigenvalue weighted by Crippen LogP contribution is -2.31. The van der Waals surface area contributed by atoms with Gasteiger partial charge in [0, 0.05) is 11.9 Å². The van der Waals surface area contributed by atoms with Gasteiger partial charge in [0.25, 0.3) is 0 Å². The van der Waals surface area contributed by atoms with Crippen molar-refractivity contribution >= 4 is 17.7 Å². The van der Waals surface area contributed by atoms with Crippen molar-refractivity contribution in [3.8, 4) is 5.69 Å². The summed E-state index contributed by atoms with van der Waals surface area (Å²) in [5.41, 5.74) is 2.58. The quantitative estimate of drug-likeness (QED) is 0.637. The minimum atomic E-state index is -0.468. The third kappa shape index (κ3) is 4.76. The van der Waals surface area contributed by atoms with Crippen molar-refractivity contribution in [1.29, 1.82) is 0 Å². The van der Waals surface area contributed by atoms with Crippen molar-refractivity contribution in [3.63, 3.8) is 0 Å². The van der Waals surface area contributed by atoms with Gasteiger partial charge in [-0.25, -0.2) is 14.3 Å². The van der Waals surface area contributed by atoms with E-state index < -0.39 is 5.97 Å². The average Bonchev–Trinajstić information content (AvgIpc) is 3.19. The van der Waals surface area contributed by atoms with E-state index in [2.05, 4.69) is 15.7 Å². The summed E-state index contributed by atoms with van der Waals surface area (Å²) >= 11 is 0. The molecule has 2 aromatic carbocycles. The summed E-state index contributed by atoms with van der Waals surface area (Å²) < 4.78 is 6.50. The number of nitrogens with one attached hydrogen (secondary N) is 2. The van der Waals surface area contributed by atoms with Gasteiger partial charge in [-0.1, -0.05) is 36.4 Å². The zero-order valence-electron chi connectivity index (χ0n) is 15.8. The van der Waals surface area contributed by atoms with Crippen molar-refractivity contribution in [3.05, 3.63) is 78.1 Å². The first kappa shape index (κ1) is 19.2. The molecule has 7 heteroatoms. The molecule has 0 saturated heterocycles. The Morgan fingerprint density at radius 3 is 2.64 bits per heavy atom. The number of hydrogen-bond acceptors (Lipinski definition) is 4. The van der Waals surface area contributed by atoms with Gasteiger partial charge in [-0.3, -0.25) is 0 Å². The number of anilines is 1. The number of nitrogens with zero attached hydrogens (tertiary/aromatic N) is 2. The first-order valence-electron chi connectivity index (χ1n) is 9.02. The molecule has 3 aromatic rings. The highest BCUT2D eigenvalue weighted by Gasteiger charge is 2.12. The fourth-order valence-corrected chi connectivity index (χ4v) is 2.70. The van der Waals surface area contributed by atoms with E-state index in [0.717, 1.165) is 5.56 Å². The molecule has 2 N–H and O–H groups in total. The predicted octanol–water partition coefficient (Wildman–Crippen LogP) is 3.93. The number of carbonyl (C=O) groups is 2. The van der Waals surface area contributed by atoms with Gasteiger partial charge < -0.3 is 15.4 Å². The van der Waals surface area contributed by atoms with Crippen LogP contribution in [0.3, 0.4) is 0 Å². The molecular weight excluding hydrogens is 356 g/mol. The second-order valence-corrected chi connectivity index (χ2v) is 6.15. The largest absolute Gasteiger partial charge is 0.461 e. The Morgan fingerprint density at radius 2 is 1.89 bits per heavy atom. The van der Waals surface area contributed by atoms with Crippen LogP contribution in [0.5, 0.6) is 0 Å². The Labute approximate surface area is 163 Å². The van der Waals surface area contributed by atoms with E-state index in [-0.39, 0.29) is 17.8 Å². The summed E-state index contributed by atoms with van der Waals surface area (Å²) in [5.74, 6) is -0.468. The van der Waals surface area contributed by atoms with E-state index in [4.69, 9.17) is 4.74 Å². The zero-order valence-corrected chi connectivity index (χ0v) is 15.8. The Bertz CT molecular complexity index is 953. The molecule has 0 radical (unpaired) electrons.